The van der Waals surface area contributed by atoms with Gasteiger partial charge < -0.3 is 10.2 Å². The Balaban J connectivity index is 1.62. The minimum absolute atomic E-state index is 0.0632. The molecule has 1 heterocycles. The van der Waals surface area contributed by atoms with E-state index in [1.807, 2.05) is 4.90 Å². The fourth-order valence-electron chi connectivity index (χ4n) is 2.78. The first kappa shape index (κ1) is 19.7. The minimum Gasteiger partial charge on any atom is -0.346 e. The van der Waals surface area contributed by atoms with E-state index >= 15 is 0 Å². The predicted octanol–water partition coefficient (Wildman–Crippen LogP) is 2.98. The van der Waals surface area contributed by atoms with Crippen molar-refractivity contribution in [1.82, 2.24) is 9.21 Å². The van der Waals surface area contributed by atoms with Gasteiger partial charge in [-0.05, 0) is 55.0 Å². The summed E-state index contributed by atoms with van der Waals surface area (Å²) < 4.78 is 53.6. The summed E-state index contributed by atoms with van der Waals surface area (Å²) in [5.74, 6) is -0.917. The molecule has 144 valence electrons. The van der Waals surface area contributed by atoms with Crippen LogP contribution < -0.4 is 5.32 Å². The van der Waals surface area contributed by atoms with Crippen molar-refractivity contribution in [2.75, 3.05) is 31.5 Å². The maximum absolute atomic E-state index is 13.6. The molecular weight excluding hydrogens is 392 g/mol. The van der Waals surface area contributed by atoms with Crippen LogP contribution in [0.1, 0.15) is 5.56 Å². The van der Waals surface area contributed by atoms with E-state index in [1.165, 1.54) is 28.6 Å². The molecule has 0 amide bonds. The van der Waals surface area contributed by atoms with Crippen LogP contribution in [0.5, 0.6) is 0 Å². The Morgan fingerprint density at radius 1 is 1.07 bits per heavy atom. The normalized spacial score (nSPS) is 15.6. The third-order valence-corrected chi connectivity index (χ3v) is 6.64. The molecule has 0 aromatic heterocycles. The second kappa shape index (κ2) is 7.87. The lowest BCUT2D eigenvalue weighted by molar-refractivity contribution is 0.268. The number of rotatable bonds is 3. The topological polar surface area (TPSA) is 52.6 Å². The monoisotopic (exact) mass is 411 g/mol. The van der Waals surface area contributed by atoms with Crippen molar-refractivity contribution in [1.29, 1.82) is 0 Å². The third kappa shape index (κ3) is 4.42. The van der Waals surface area contributed by atoms with Gasteiger partial charge in [0.15, 0.2) is 5.11 Å². The second-order valence-electron chi connectivity index (χ2n) is 6.24. The van der Waals surface area contributed by atoms with Gasteiger partial charge in [0, 0.05) is 31.9 Å². The fourth-order valence-corrected chi connectivity index (χ4v) is 4.54. The van der Waals surface area contributed by atoms with Gasteiger partial charge in [-0.1, -0.05) is 12.1 Å². The highest BCUT2D eigenvalue weighted by molar-refractivity contribution is 7.89. The lowest BCUT2D eigenvalue weighted by atomic mass is 10.2. The maximum atomic E-state index is 13.6. The van der Waals surface area contributed by atoms with Crippen LogP contribution in [0.2, 0.25) is 0 Å². The molecule has 3 rings (SSSR count). The molecule has 1 aliphatic heterocycles. The van der Waals surface area contributed by atoms with E-state index in [-0.39, 0.29) is 23.8 Å². The van der Waals surface area contributed by atoms with Gasteiger partial charge in [-0.15, -0.1) is 0 Å². The van der Waals surface area contributed by atoms with E-state index in [0.29, 0.717) is 29.5 Å². The van der Waals surface area contributed by atoms with Crippen LogP contribution in [0, 0.1) is 18.6 Å². The molecule has 0 saturated carbocycles. The largest absolute Gasteiger partial charge is 0.346 e. The Kier molecular flexibility index (Phi) is 5.73. The number of hydrogen-bond acceptors (Lipinski definition) is 3. The molecule has 1 aliphatic rings. The first-order chi connectivity index (χ1) is 12.8. The summed E-state index contributed by atoms with van der Waals surface area (Å²) in [6, 6.07) is 9.72. The number of halogens is 2. The molecule has 1 saturated heterocycles. The summed E-state index contributed by atoms with van der Waals surface area (Å²) in [6.07, 6.45) is 0. The van der Waals surface area contributed by atoms with Crippen LogP contribution in [0.4, 0.5) is 14.5 Å². The highest BCUT2D eigenvalue weighted by atomic mass is 32.2. The van der Waals surface area contributed by atoms with Crippen molar-refractivity contribution in [3.05, 3.63) is 59.7 Å². The van der Waals surface area contributed by atoms with Crippen LogP contribution in [0.15, 0.2) is 47.4 Å². The molecule has 0 aliphatic carbocycles. The number of anilines is 1. The molecular formula is C18H19F2N3O2S2. The zero-order valence-corrected chi connectivity index (χ0v) is 16.3. The third-order valence-electron chi connectivity index (χ3n) is 4.38. The zero-order chi connectivity index (χ0) is 19.6. The van der Waals surface area contributed by atoms with E-state index in [9.17, 15) is 17.2 Å². The van der Waals surface area contributed by atoms with Crippen LogP contribution in [-0.2, 0) is 10.0 Å². The molecule has 27 heavy (non-hydrogen) atoms. The number of benzene rings is 2. The van der Waals surface area contributed by atoms with Gasteiger partial charge in [0.25, 0.3) is 0 Å². The summed E-state index contributed by atoms with van der Waals surface area (Å²) in [4.78, 5) is 1.76. The standard InChI is InChI=1S/C18H19F2N3O2S2/c1-13-5-6-15(12-17(13)20)21-18(26)22-7-9-23(10-8-22)27(24,25)16-4-2-3-14(19)11-16/h2-6,11-12H,7-10H2,1H3,(H,21,26). The number of aryl methyl sites for hydroxylation is 1. The van der Waals surface area contributed by atoms with E-state index in [4.69, 9.17) is 12.2 Å². The maximum Gasteiger partial charge on any atom is 0.243 e. The molecule has 0 atom stereocenters. The van der Waals surface area contributed by atoms with Gasteiger partial charge in [-0.2, -0.15) is 4.31 Å². The Morgan fingerprint density at radius 2 is 1.78 bits per heavy atom. The van der Waals surface area contributed by atoms with Gasteiger partial charge in [0.2, 0.25) is 10.0 Å². The molecule has 2 aromatic rings. The van der Waals surface area contributed by atoms with Crippen LogP contribution in [-0.4, -0.2) is 48.9 Å². The molecule has 5 nitrogen and oxygen atoms in total. The van der Waals surface area contributed by atoms with Crippen molar-refractivity contribution in [2.24, 2.45) is 0 Å². The number of sulfonamides is 1. The van der Waals surface area contributed by atoms with Gasteiger partial charge in [0.1, 0.15) is 11.6 Å². The smallest absolute Gasteiger partial charge is 0.243 e. The molecule has 0 radical (unpaired) electrons. The van der Waals surface area contributed by atoms with Gasteiger partial charge in [-0.3, -0.25) is 0 Å². The van der Waals surface area contributed by atoms with E-state index in [0.717, 1.165) is 6.07 Å². The molecule has 9 heteroatoms. The van der Waals surface area contributed by atoms with Crippen LogP contribution in [0.25, 0.3) is 0 Å². The molecule has 1 fully saturated rings. The lowest BCUT2D eigenvalue weighted by Gasteiger charge is -2.35. The van der Waals surface area contributed by atoms with Gasteiger partial charge >= 0.3 is 0 Å². The SMILES string of the molecule is Cc1ccc(NC(=S)N2CCN(S(=O)(=O)c3cccc(F)c3)CC2)cc1F. The first-order valence-electron chi connectivity index (χ1n) is 8.35. The molecule has 0 spiro atoms. The highest BCUT2D eigenvalue weighted by Gasteiger charge is 2.29. The Labute approximate surface area is 162 Å². The van der Waals surface area contributed by atoms with Crippen molar-refractivity contribution in [2.45, 2.75) is 11.8 Å². The van der Waals surface area contributed by atoms with E-state index in [1.54, 1.807) is 19.1 Å². The summed E-state index contributed by atoms with van der Waals surface area (Å²) >= 11 is 5.35. The van der Waals surface area contributed by atoms with Gasteiger partial charge in [-0.25, -0.2) is 17.2 Å². The van der Waals surface area contributed by atoms with Crippen molar-refractivity contribution in [3.8, 4) is 0 Å². The summed E-state index contributed by atoms with van der Waals surface area (Å²) in [7, 11) is -3.75. The quantitative estimate of drug-likeness (QED) is 0.787. The Morgan fingerprint density at radius 3 is 2.41 bits per heavy atom. The average molecular weight is 411 g/mol. The summed E-state index contributed by atoms with van der Waals surface area (Å²) in [5, 5.41) is 3.38. The second-order valence-corrected chi connectivity index (χ2v) is 8.57. The number of nitrogens with zero attached hydrogens (tertiary/aromatic N) is 2. The number of piperazine rings is 1. The van der Waals surface area contributed by atoms with Crippen molar-refractivity contribution < 1.29 is 17.2 Å². The fraction of sp³-hybridized carbons (Fsp3) is 0.278. The predicted molar refractivity (Wildman–Crippen MR) is 104 cm³/mol. The van der Waals surface area contributed by atoms with Crippen molar-refractivity contribution in [3.63, 3.8) is 0 Å². The molecule has 0 unspecified atom stereocenters. The number of nitrogens with one attached hydrogen (secondary N) is 1. The molecule has 2 aromatic carbocycles. The lowest BCUT2D eigenvalue weighted by Crippen LogP contribution is -2.51. The average Bonchev–Trinajstić information content (AvgIpc) is 2.65. The number of thiocarbonyl (C=S) groups is 1. The Bertz CT molecular complexity index is 959. The van der Waals surface area contributed by atoms with Crippen LogP contribution >= 0.6 is 12.2 Å². The highest BCUT2D eigenvalue weighted by Crippen LogP contribution is 2.19. The van der Waals surface area contributed by atoms with Gasteiger partial charge in [0.05, 0.1) is 4.90 Å². The minimum atomic E-state index is -3.75. The summed E-state index contributed by atoms with van der Waals surface area (Å²) in [6.45, 7) is 2.89. The van der Waals surface area contributed by atoms with E-state index in [2.05, 4.69) is 5.32 Å². The zero-order valence-electron chi connectivity index (χ0n) is 14.7. The van der Waals surface area contributed by atoms with Crippen molar-refractivity contribution >= 4 is 33.0 Å². The van der Waals surface area contributed by atoms with Crippen LogP contribution in [0.3, 0.4) is 0 Å². The first-order valence-corrected chi connectivity index (χ1v) is 10.2. The molecule has 1 N–H and O–H groups in total. The van der Waals surface area contributed by atoms with E-state index < -0.39 is 15.8 Å². The Hall–Kier alpha value is -2.10. The molecule has 0 bridgehead atoms. The number of hydrogen-bond donors (Lipinski definition) is 1. The summed E-state index contributed by atoms with van der Waals surface area (Å²) in [5.41, 5.74) is 1.08.